The molecule has 0 unspecified atom stereocenters. The van der Waals surface area contributed by atoms with E-state index in [0.717, 1.165) is 6.42 Å². The van der Waals surface area contributed by atoms with Crippen molar-refractivity contribution in [1.29, 1.82) is 0 Å². The summed E-state index contributed by atoms with van der Waals surface area (Å²) in [5.41, 5.74) is 0.254. The van der Waals surface area contributed by atoms with Crippen molar-refractivity contribution in [2.45, 2.75) is 26.4 Å². The average molecular weight is 254 g/mol. The number of aromatic hydroxyl groups is 1. The Balaban J connectivity index is 2.95. The van der Waals surface area contributed by atoms with Crippen LogP contribution in [0.3, 0.4) is 0 Å². The smallest absolute Gasteiger partial charge is 0.317 e. The van der Waals surface area contributed by atoms with Crippen LogP contribution in [0.15, 0.2) is 17.1 Å². The van der Waals surface area contributed by atoms with E-state index in [2.05, 4.69) is 0 Å². The van der Waals surface area contributed by atoms with Gasteiger partial charge in [0.05, 0.1) is 12.7 Å². The Hall–Kier alpha value is -1.82. The summed E-state index contributed by atoms with van der Waals surface area (Å²) >= 11 is 0. The van der Waals surface area contributed by atoms with Crippen LogP contribution < -0.4 is 5.43 Å². The third-order valence-electron chi connectivity index (χ3n) is 2.50. The van der Waals surface area contributed by atoms with Crippen LogP contribution in [0.4, 0.5) is 0 Å². The van der Waals surface area contributed by atoms with Crippen LogP contribution in [-0.2, 0) is 17.9 Å². The van der Waals surface area contributed by atoms with Gasteiger partial charge in [-0.2, -0.15) is 0 Å². The number of nitrogens with zero attached hydrogens (tertiary/aromatic N) is 2. The number of carboxylic acids is 1. The zero-order valence-electron chi connectivity index (χ0n) is 10.6. The van der Waals surface area contributed by atoms with E-state index in [-0.39, 0.29) is 12.3 Å². The number of aromatic nitrogens is 1. The monoisotopic (exact) mass is 254 g/mol. The summed E-state index contributed by atoms with van der Waals surface area (Å²) in [5, 5.41) is 18.1. The minimum atomic E-state index is -0.916. The molecule has 0 spiro atoms. The maximum Gasteiger partial charge on any atom is 0.317 e. The molecule has 6 nitrogen and oxygen atoms in total. The largest absolute Gasteiger partial charge is 0.503 e. The molecule has 6 heteroatoms. The van der Waals surface area contributed by atoms with Crippen molar-refractivity contribution in [3.8, 4) is 5.75 Å². The second kappa shape index (κ2) is 6.20. The SMILES string of the molecule is CCCn1cc(O)c(=O)cc1CN(C)CC(=O)O. The lowest BCUT2D eigenvalue weighted by atomic mass is 10.3. The molecule has 0 radical (unpaired) electrons. The highest BCUT2D eigenvalue weighted by Crippen LogP contribution is 2.08. The van der Waals surface area contributed by atoms with Crippen molar-refractivity contribution in [3.63, 3.8) is 0 Å². The Labute approximate surface area is 105 Å². The fourth-order valence-electron chi connectivity index (χ4n) is 1.75. The number of likely N-dealkylation sites (N-methyl/N-ethyl adjacent to an activating group) is 1. The second-order valence-electron chi connectivity index (χ2n) is 4.27. The van der Waals surface area contributed by atoms with Crippen LogP contribution in [0.1, 0.15) is 19.0 Å². The lowest BCUT2D eigenvalue weighted by Crippen LogP contribution is -2.27. The molecule has 0 aliphatic rings. The Bertz CT molecular complexity index is 481. The number of hydrogen-bond donors (Lipinski definition) is 2. The maximum absolute atomic E-state index is 11.4. The highest BCUT2D eigenvalue weighted by molar-refractivity contribution is 5.68. The molecule has 0 saturated carbocycles. The number of aryl methyl sites for hydroxylation is 1. The van der Waals surface area contributed by atoms with E-state index in [1.165, 1.54) is 12.3 Å². The molecule has 0 atom stereocenters. The predicted octanol–water partition coefficient (Wildman–Crippen LogP) is 0.480. The van der Waals surface area contributed by atoms with E-state index in [0.29, 0.717) is 18.8 Å². The molecule has 0 aliphatic heterocycles. The van der Waals surface area contributed by atoms with Gasteiger partial charge < -0.3 is 14.8 Å². The Morgan fingerprint density at radius 2 is 2.17 bits per heavy atom. The summed E-state index contributed by atoms with van der Waals surface area (Å²) in [6.45, 7) is 2.91. The molecule has 2 N–H and O–H groups in total. The van der Waals surface area contributed by atoms with Gasteiger partial charge in [-0.3, -0.25) is 14.5 Å². The van der Waals surface area contributed by atoms with Crippen LogP contribution in [0.2, 0.25) is 0 Å². The Morgan fingerprint density at radius 3 is 2.72 bits per heavy atom. The third kappa shape index (κ3) is 3.89. The van der Waals surface area contributed by atoms with Gasteiger partial charge in [-0.1, -0.05) is 6.92 Å². The van der Waals surface area contributed by atoms with Crippen molar-refractivity contribution >= 4 is 5.97 Å². The summed E-state index contributed by atoms with van der Waals surface area (Å²) in [7, 11) is 1.67. The summed E-state index contributed by atoms with van der Waals surface area (Å²) in [6, 6.07) is 1.35. The first-order chi connectivity index (χ1) is 8.43. The maximum atomic E-state index is 11.4. The van der Waals surface area contributed by atoms with Gasteiger partial charge in [-0.25, -0.2) is 0 Å². The average Bonchev–Trinajstić information content (AvgIpc) is 2.24. The number of pyridine rings is 1. The van der Waals surface area contributed by atoms with Gasteiger partial charge in [-0.05, 0) is 13.5 Å². The van der Waals surface area contributed by atoms with Gasteiger partial charge in [0.15, 0.2) is 5.75 Å². The molecule has 18 heavy (non-hydrogen) atoms. The van der Waals surface area contributed by atoms with Crippen molar-refractivity contribution < 1.29 is 15.0 Å². The van der Waals surface area contributed by atoms with E-state index < -0.39 is 11.4 Å². The van der Waals surface area contributed by atoms with E-state index in [1.807, 2.05) is 6.92 Å². The van der Waals surface area contributed by atoms with Crippen LogP contribution in [0, 0.1) is 0 Å². The fourth-order valence-corrected chi connectivity index (χ4v) is 1.75. The minimum absolute atomic E-state index is 0.0960. The van der Waals surface area contributed by atoms with E-state index in [9.17, 15) is 14.7 Å². The van der Waals surface area contributed by atoms with Crippen molar-refractivity contribution in [2.75, 3.05) is 13.6 Å². The van der Waals surface area contributed by atoms with E-state index in [1.54, 1.807) is 16.5 Å². The van der Waals surface area contributed by atoms with Gasteiger partial charge in [0, 0.05) is 24.8 Å². The minimum Gasteiger partial charge on any atom is -0.503 e. The number of rotatable bonds is 6. The Morgan fingerprint density at radius 1 is 1.50 bits per heavy atom. The molecule has 0 bridgehead atoms. The lowest BCUT2D eigenvalue weighted by Gasteiger charge is -2.18. The second-order valence-corrected chi connectivity index (χ2v) is 4.27. The van der Waals surface area contributed by atoms with Crippen molar-refractivity contribution in [1.82, 2.24) is 9.47 Å². The van der Waals surface area contributed by atoms with Gasteiger partial charge in [0.25, 0.3) is 0 Å². The molecule has 0 aliphatic carbocycles. The van der Waals surface area contributed by atoms with Gasteiger partial charge in [0.1, 0.15) is 0 Å². The van der Waals surface area contributed by atoms with Crippen LogP contribution in [0.5, 0.6) is 5.75 Å². The van der Waals surface area contributed by atoms with Crippen LogP contribution >= 0.6 is 0 Å². The van der Waals surface area contributed by atoms with Crippen molar-refractivity contribution in [2.24, 2.45) is 0 Å². The first-order valence-electron chi connectivity index (χ1n) is 5.76. The zero-order chi connectivity index (χ0) is 13.7. The highest BCUT2D eigenvalue weighted by atomic mass is 16.4. The zero-order valence-corrected chi connectivity index (χ0v) is 10.6. The molecule has 0 amide bonds. The quantitative estimate of drug-likeness (QED) is 0.771. The third-order valence-corrected chi connectivity index (χ3v) is 2.50. The highest BCUT2D eigenvalue weighted by Gasteiger charge is 2.10. The fraction of sp³-hybridized carbons (Fsp3) is 0.500. The summed E-state index contributed by atoms with van der Waals surface area (Å²) in [6.07, 6.45) is 2.26. The number of aliphatic carboxylic acids is 1. The number of hydrogen-bond acceptors (Lipinski definition) is 4. The molecule has 1 rings (SSSR count). The molecule has 0 saturated heterocycles. The molecular formula is C12H18N2O4. The molecule has 1 heterocycles. The normalized spacial score (nSPS) is 10.8. The van der Waals surface area contributed by atoms with Gasteiger partial charge in [-0.15, -0.1) is 0 Å². The first-order valence-corrected chi connectivity index (χ1v) is 5.76. The lowest BCUT2D eigenvalue weighted by molar-refractivity contribution is -0.138. The molecule has 1 aromatic heterocycles. The van der Waals surface area contributed by atoms with Gasteiger partial charge >= 0.3 is 5.97 Å². The van der Waals surface area contributed by atoms with E-state index >= 15 is 0 Å². The van der Waals surface area contributed by atoms with Gasteiger partial charge in [0.2, 0.25) is 5.43 Å². The molecule has 1 aromatic rings. The summed E-state index contributed by atoms with van der Waals surface area (Å²) in [4.78, 5) is 23.6. The molecule has 100 valence electrons. The van der Waals surface area contributed by atoms with Crippen LogP contribution in [-0.4, -0.2) is 39.2 Å². The number of carbonyl (C=O) groups is 1. The number of carboxylic acid groups (broad SMARTS) is 1. The summed E-state index contributed by atoms with van der Waals surface area (Å²) < 4.78 is 1.77. The topological polar surface area (TPSA) is 82.8 Å². The van der Waals surface area contributed by atoms with Crippen LogP contribution in [0.25, 0.3) is 0 Å². The first kappa shape index (κ1) is 14.2. The predicted molar refractivity (Wildman–Crippen MR) is 66.6 cm³/mol. The molecular weight excluding hydrogens is 236 g/mol. The molecule has 0 fully saturated rings. The van der Waals surface area contributed by atoms with E-state index in [4.69, 9.17) is 5.11 Å². The summed E-state index contributed by atoms with van der Waals surface area (Å²) in [5.74, 6) is -1.20. The molecule has 0 aromatic carbocycles. The standard InChI is InChI=1S/C12H18N2O4/c1-3-4-14-7-11(16)10(15)5-9(14)6-13(2)8-12(17)18/h5,7,16H,3-4,6,8H2,1-2H3,(H,17,18). The Kier molecular flexibility index (Phi) is 4.91. The van der Waals surface area contributed by atoms with Crippen molar-refractivity contribution in [3.05, 3.63) is 28.2 Å².